The summed E-state index contributed by atoms with van der Waals surface area (Å²) in [5, 5.41) is 6.78. The van der Waals surface area contributed by atoms with E-state index >= 15 is 0 Å². The van der Waals surface area contributed by atoms with Gasteiger partial charge in [0.05, 0.1) is 16.7 Å². The Morgan fingerprint density at radius 1 is 0.333 bits per heavy atom. The minimum atomic E-state index is 0.582. The molecule has 0 aliphatic heterocycles. The van der Waals surface area contributed by atoms with Crippen molar-refractivity contribution in [1.29, 1.82) is 0 Å². The van der Waals surface area contributed by atoms with Crippen molar-refractivity contribution in [3.8, 4) is 51.0 Å². The number of rotatable bonds is 5. The van der Waals surface area contributed by atoms with Crippen molar-refractivity contribution in [2.75, 3.05) is 0 Å². The molecule has 0 N–H and O–H groups in total. The molecule has 3 aromatic heterocycles. The van der Waals surface area contributed by atoms with E-state index in [2.05, 4.69) is 156 Å². The van der Waals surface area contributed by atoms with Gasteiger partial charge in [-0.15, -0.1) is 0 Å². The molecule has 0 atom stereocenters. The van der Waals surface area contributed by atoms with Gasteiger partial charge < -0.3 is 8.98 Å². The van der Waals surface area contributed by atoms with E-state index in [9.17, 15) is 0 Å². The first kappa shape index (κ1) is 30.3. The number of para-hydroxylation sites is 3. The summed E-state index contributed by atoms with van der Waals surface area (Å²) in [6.07, 6.45) is 0. The summed E-state index contributed by atoms with van der Waals surface area (Å²) in [5.41, 5.74) is 10.0. The molecule has 0 saturated carbocycles. The van der Waals surface area contributed by atoms with Gasteiger partial charge in [0, 0.05) is 43.6 Å². The maximum Gasteiger partial charge on any atom is 0.164 e. The molecular formula is C49H30N4O. The van der Waals surface area contributed by atoms with Crippen LogP contribution in [-0.2, 0) is 0 Å². The lowest BCUT2D eigenvalue weighted by Crippen LogP contribution is -2.01. The molecule has 0 aliphatic carbocycles. The van der Waals surface area contributed by atoms with Crippen LogP contribution in [0.1, 0.15) is 0 Å². The Labute approximate surface area is 310 Å². The Morgan fingerprint density at radius 3 is 1.69 bits per heavy atom. The third kappa shape index (κ3) is 4.83. The van der Waals surface area contributed by atoms with Gasteiger partial charge in [-0.25, -0.2) is 15.0 Å². The zero-order valence-corrected chi connectivity index (χ0v) is 29.0. The van der Waals surface area contributed by atoms with Crippen molar-refractivity contribution >= 4 is 54.5 Å². The lowest BCUT2D eigenvalue weighted by Gasteiger charge is -2.14. The zero-order valence-electron chi connectivity index (χ0n) is 29.0. The molecule has 11 rings (SSSR count). The van der Waals surface area contributed by atoms with Gasteiger partial charge in [-0.1, -0.05) is 140 Å². The van der Waals surface area contributed by atoms with Gasteiger partial charge in [-0.3, -0.25) is 0 Å². The Kier molecular flexibility index (Phi) is 6.79. The van der Waals surface area contributed by atoms with E-state index < -0.39 is 0 Å². The van der Waals surface area contributed by atoms with Gasteiger partial charge in [0.1, 0.15) is 11.2 Å². The third-order valence-electron chi connectivity index (χ3n) is 10.5. The van der Waals surface area contributed by atoms with Crippen LogP contribution in [0.25, 0.3) is 105 Å². The fourth-order valence-corrected chi connectivity index (χ4v) is 7.95. The molecule has 54 heavy (non-hydrogen) atoms. The van der Waals surface area contributed by atoms with Crippen LogP contribution in [0.4, 0.5) is 0 Å². The van der Waals surface area contributed by atoms with Crippen molar-refractivity contribution in [2.45, 2.75) is 0 Å². The lowest BCUT2D eigenvalue weighted by molar-refractivity contribution is 0.669. The summed E-state index contributed by atoms with van der Waals surface area (Å²) in [7, 11) is 0. The molecule has 252 valence electrons. The third-order valence-corrected chi connectivity index (χ3v) is 10.5. The van der Waals surface area contributed by atoms with Gasteiger partial charge in [0.15, 0.2) is 17.5 Å². The Bertz CT molecular complexity index is 3180. The van der Waals surface area contributed by atoms with Crippen LogP contribution in [-0.4, -0.2) is 19.5 Å². The Morgan fingerprint density at radius 2 is 0.889 bits per heavy atom. The fraction of sp³-hybridized carbons (Fsp3) is 0. The first-order valence-electron chi connectivity index (χ1n) is 18.1. The first-order valence-corrected chi connectivity index (χ1v) is 18.1. The molecule has 0 bridgehead atoms. The number of aromatic nitrogens is 4. The second-order valence-electron chi connectivity index (χ2n) is 13.6. The Hall–Kier alpha value is -7.37. The van der Waals surface area contributed by atoms with Crippen LogP contribution < -0.4 is 0 Å². The van der Waals surface area contributed by atoms with Crippen LogP contribution in [0.2, 0.25) is 0 Å². The van der Waals surface area contributed by atoms with E-state index in [0.29, 0.717) is 17.5 Å². The van der Waals surface area contributed by atoms with Crippen molar-refractivity contribution < 1.29 is 4.42 Å². The van der Waals surface area contributed by atoms with Gasteiger partial charge >= 0.3 is 0 Å². The molecule has 11 aromatic rings. The van der Waals surface area contributed by atoms with E-state index in [1.165, 1.54) is 21.8 Å². The predicted molar refractivity (Wildman–Crippen MR) is 221 cm³/mol. The molecule has 0 radical (unpaired) electrons. The van der Waals surface area contributed by atoms with Gasteiger partial charge in [-0.05, 0) is 59.0 Å². The first-order chi connectivity index (χ1) is 26.8. The highest BCUT2D eigenvalue weighted by atomic mass is 16.3. The topological polar surface area (TPSA) is 56.7 Å². The molecule has 0 spiro atoms. The fourth-order valence-electron chi connectivity index (χ4n) is 7.95. The van der Waals surface area contributed by atoms with Crippen molar-refractivity contribution in [3.05, 3.63) is 182 Å². The molecule has 0 aliphatic rings. The van der Waals surface area contributed by atoms with E-state index in [4.69, 9.17) is 19.4 Å². The Balaban J connectivity index is 1.14. The van der Waals surface area contributed by atoms with Crippen molar-refractivity contribution in [3.63, 3.8) is 0 Å². The highest BCUT2D eigenvalue weighted by Crippen LogP contribution is 2.38. The summed E-state index contributed by atoms with van der Waals surface area (Å²) in [6, 6.07) is 63.3. The number of nitrogens with zero attached hydrogens (tertiary/aromatic N) is 4. The van der Waals surface area contributed by atoms with Crippen LogP contribution >= 0.6 is 0 Å². The van der Waals surface area contributed by atoms with Crippen molar-refractivity contribution in [2.24, 2.45) is 0 Å². The average molecular weight is 691 g/mol. The zero-order chi connectivity index (χ0) is 35.6. The van der Waals surface area contributed by atoms with E-state index in [0.717, 1.165) is 66.2 Å². The van der Waals surface area contributed by atoms with Crippen LogP contribution in [0.3, 0.4) is 0 Å². The smallest absolute Gasteiger partial charge is 0.164 e. The number of fused-ring (bicyclic) bond motifs is 7. The second kappa shape index (κ2) is 12.1. The number of benzene rings is 8. The molecule has 8 aromatic carbocycles. The molecule has 0 saturated heterocycles. The molecule has 0 amide bonds. The molecule has 5 nitrogen and oxygen atoms in total. The standard InChI is InChI=1S/C49H30N4O/c1-2-13-31(14-3-1)32-15-10-16-33(29-32)47-50-48(34-27-28-40-39-19-6-9-26-45(39)54-46(40)30-34)52-49(51-47)41-22-11-21-36-35(41)20-12-25-44(36)53-42-23-7-4-17-37(42)38-18-5-8-24-43(38)53/h1-30H. The molecule has 5 heteroatoms. The highest BCUT2D eigenvalue weighted by molar-refractivity contribution is 6.11. The monoisotopic (exact) mass is 690 g/mol. The number of hydrogen-bond acceptors (Lipinski definition) is 4. The normalized spacial score (nSPS) is 11.7. The SMILES string of the molecule is c1ccc(-c2cccc(-c3nc(-c4ccc5c(c4)oc4ccccc45)nc(-c4cccc5c(-n6c7ccccc7c7ccccc76)cccc45)n3)c2)cc1. The van der Waals surface area contributed by atoms with Crippen LogP contribution in [0.5, 0.6) is 0 Å². The summed E-state index contributed by atoms with van der Waals surface area (Å²) in [5.74, 6) is 1.79. The van der Waals surface area contributed by atoms with Crippen LogP contribution in [0, 0.1) is 0 Å². The average Bonchev–Trinajstić information content (AvgIpc) is 3.79. The predicted octanol–water partition coefficient (Wildman–Crippen LogP) is 12.7. The maximum atomic E-state index is 6.30. The number of hydrogen-bond donors (Lipinski definition) is 0. The summed E-state index contributed by atoms with van der Waals surface area (Å²) < 4.78 is 8.68. The minimum Gasteiger partial charge on any atom is -0.456 e. The van der Waals surface area contributed by atoms with E-state index in [1.54, 1.807) is 0 Å². The largest absolute Gasteiger partial charge is 0.456 e. The highest BCUT2D eigenvalue weighted by Gasteiger charge is 2.19. The summed E-state index contributed by atoms with van der Waals surface area (Å²) >= 11 is 0. The summed E-state index contributed by atoms with van der Waals surface area (Å²) in [4.78, 5) is 15.6. The lowest BCUT2D eigenvalue weighted by atomic mass is 10.0. The molecular weight excluding hydrogens is 661 g/mol. The van der Waals surface area contributed by atoms with Crippen molar-refractivity contribution in [1.82, 2.24) is 19.5 Å². The summed E-state index contributed by atoms with van der Waals surface area (Å²) in [6.45, 7) is 0. The maximum absolute atomic E-state index is 6.30. The number of furan rings is 1. The van der Waals surface area contributed by atoms with Gasteiger partial charge in [0.25, 0.3) is 0 Å². The van der Waals surface area contributed by atoms with E-state index in [-0.39, 0.29) is 0 Å². The van der Waals surface area contributed by atoms with Crippen LogP contribution in [0.15, 0.2) is 186 Å². The quantitative estimate of drug-likeness (QED) is 0.180. The van der Waals surface area contributed by atoms with E-state index in [1.807, 2.05) is 30.3 Å². The minimum absolute atomic E-state index is 0.582. The molecule has 0 unspecified atom stereocenters. The molecule has 0 fully saturated rings. The van der Waals surface area contributed by atoms with Gasteiger partial charge in [-0.2, -0.15) is 0 Å². The van der Waals surface area contributed by atoms with Gasteiger partial charge in [0.2, 0.25) is 0 Å². The molecule has 3 heterocycles. The second-order valence-corrected chi connectivity index (χ2v) is 13.6.